The molecule has 1 heterocycles. The fourth-order valence-corrected chi connectivity index (χ4v) is 2.98. The highest BCUT2D eigenvalue weighted by Gasteiger charge is 2.19. The van der Waals surface area contributed by atoms with E-state index in [0.29, 0.717) is 28.1 Å². The molecular formula is C15H18ClN5O2S. The van der Waals surface area contributed by atoms with Crippen LogP contribution in [0.3, 0.4) is 0 Å². The van der Waals surface area contributed by atoms with Gasteiger partial charge in [0.15, 0.2) is 11.0 Å². The lowest BCUT2D eigenvalue weighted by Crippen LogP contribution is -2.28. The van der Waals surface area contributed by atoms with Gasteiger partial charge in [0.2, 0.25) is 5.91 Å². The Morgan fingerprint density at radius 3 is 2.58 bits per heavy atom. The third-order valence-corrected chi connectivity index (χ3v) is 4.49. The first-order valence-electron chi connectivity index (χ1n) is 7.33. The van der Waals surface area contributed by atoms with Gasteiger partial charge in [0, 0.05) is 17.1 Å². The van der Waals surface area contributed by atoms with Crippen molar-refractivity contribution in [2.75, 3.05) is 5.75 Å². The van der Waals surface area contributed by atoms with Crippen LogP contribution in [0.5, 0.6) is 0 Å². The topological polar surface area (TPSA) is 103 Å². The zero-order chi connectivity index (χ0) is 17.7. The molecule has 0 saturated carbocycles. The average Bonchev–Trinajstić information content (AvgIpc) is 2.96. The molecule has 0 unspecified atom stereocenters. The minimum Gasteiger partial charge on any atom is -0.369 e. The molecule has 24 heavy (non-hydrogen) atoms. The highest BCUT2D eigenvalue weighted by Crippen LogP contribution is 2.20. The number of carbonyl (C=O) groups is 2. The molecule has 0 aliphatic rings. The summed E-state index contributed by atoms with van der Waals surface area (Å²) in [5.74, 6) is 0.100. The van der Waals surface area contributed by atoms with E-state index >= 15 is 0 Å². The molecule has 128 valence electrons. The summed E-state index contributed by atoms with van der Waals surface area (Å²) in [7, 11) is 0. The second-order valence-corrected chi connectivity index (χ2v) is 6.42. The van der Waals surface area contributed by atoms with Crippen molar-refractivity contribution < 1.29 is 9.59 Å². The Kier molecular flexibility index (Phi) is 6.22. The normalized spacial score (nSPS) is 12.0. The van der Waals surface area contributed by atoms with Gasteiger partial charge in [-0.2, -0.15) is 0 Å². The van der Waals surface area contributed by atoms with E-state index in [2.05, 4.69) is 15.5 Å². The quantitative estimate of drug-likeness (QED) is 0.729. The van der Waals surface area contributed by atoms with E-state index in [1.807, 2.05) is 18.4 Å². The summed E-state index contributed by atoms with van der Waals surface area (Å²) in [6.07, 6.45) is 0. The summed E-state index contributed by atoms with van der Waals surface area (Å²) in [4.78, 5) is 23.2. The lowest BCUT2D eigenvalue weighted by atomic mass is 10.2. The summed E-state index contributed by atoms with van der Waals surface area (Å²) in [5.41, 5.74) is 5.67. The van der Waals surface area contributed by atoms with Crippen LogP contribution in [0.1, 0.15) is 36.1 Å². The second kappa shape index (κ2) is 8.16. The zero-order valence-electron chi connectivity index (χ0n) is 13.3. The summed E-state index contributed by atoms with van der Waals surface area (Å²) < 4.78 is 1.85. The maximum atomic E-state index is 12.3. The van der Waals surface area contributed by atoms with E-state index in [0.717, 1.165) is 0 Å². The van der Waals surface area contributed by atoms with Gasteiger partial charge in [-0.3, -0.25) is 9.59 Å². The van der Waals surface area contributed by atoms with Crippen molar-refractivity contribution >= 4 is 35.2 Å². The minimum absolute atomic E-state index is 0.129. The number of nitrogens with zero attached hydrogens (tertiary/aromatic N) is 3. The predicted octanol–water partition coefficient (Wildman–Crippen LogP) is 2.02. The van der Waals surface area contributed by atoms with Crippen molar-refractivity contribution in [3.05, 3.63) is 40.7 Å². The molecule has 1 aromatic carbocycles. The Bertz CT molecular complexity index is 732. The molecule has 0 saturated heterocycles. The number of halogens is 1. The van der Waals surface area contributed by atoms with Crippen LogP contribution >= 0.6 is 23.4 Å². The molecule has 0 bridgehead atoms. The number of hydrogen-bond donors (Lipinski definition) is 2. The van der Waals surface area contributed by atoms with Gasteiger partial charge in [-0.15, -0.1) is 10.2 Å². The van der Waals surface area contributed by atoms with Crippen LogP contribution in [-0.2, 0) is 11.3 Å². The molecule has 2 rings (SSSR count). The van der Waals surface area contributed by atoms with E-state index in [-0.39, 0.29) is 17.7 Å². The van der Waals surface area contributed by atoms with Crippen LogP contribution < -0.4 is 11.1 Å². The predicted molar refractivity (Wildman–Crippen MR) is 92.9 cm³/mol. The van der Waals surface area contributed by atoms with Gasteiger partial charge in [0.1, 0.15) is 0 Å². The van der Waals surface area contributed by atoms with Gasteiger partial charge < -0.3 is 15.6 Å². The number of rotatable bonds is 7. The first-order chi connectivity index (χ1) is 11.4. The number of hydrogen-bond acceptors (Lipinski definition) is 5. The van der Waals surface area contributed by atoms with Crippen LogP contribution in [-0.4, -0.2) is 32.3 Å². The Hall–Kier alpha value is -2.06. The molecule has 1 aromatic heterocycles. The standard InChI is InChI=1S/C15H18ClN5O2S/c1-3-21-13(19-20-15(21)24-8-12(17)22)9(2)18-14(23)10-4-6-11(16)7-5-10/h4-7,9H,3,8H2,1-2H3,(H2,17,22)(H,18,23)/t9-/m1/s1. The Labute approximate surface area is 149 Å². The Morgan fingerprint density at radius 2 is 2.00 bits per heavy atom. The second-order valence-electron chi connectivity index (χ2n) is 5.04. The van der Waals surface area contributed by atoms with Gasteiger partial charge in [-0.25, -0.2) is 0 Å². The van der Waals surface area contributed by atoms with E-state index in [4.69, 9.17) is 17.3 Å². The zero-order valence-corrected chi connectivity index (χ0v) is 14.9. The van der Waals surface area contributed by atoms with E-state index in [1.54, 1.807) is 24.3 Å². The van der Waals surface area contributed by atoms with Crippen molar-refractivity contribution in [3.8, 4) is 0 Å². The van der Waals surface area contributed by atoms with Crippen molar-refractivity contribution in [3.63, 3.8) is 0 Å². The summed E-state index contributed by atoms with van der Waals surface area (Å²) >= 11 is 7.05. The largest absolute Gasteiger partial charge is 0.369 e. The third-order valence-electron chi connectivity index (χ3n) is 3.25. The average molecular weight is 368 g/mol. The van der Waals surface area contributed by atoms with E-state index in [9.17, 15) is 9.59 Å². The maximum Gasteiger partial charge on any atom is 0.251 e. The molecule has 3 N–H and O–H groups in total. The molecule has 0 aliphatic heterocycles. The lowest BCUT2D eigenvalue weighted by molar-refractivity contribution is -0.115. The van der Waals surface area contributed by atoms with Gasteiger partial charge >= 0.3 is 0 Å². The van der Waals surface area contributed by atoms with Crippen molar-refractivity contribution in [1.82, 2.24) is 20.1 Å². The molecule has 2 amide bonds. The van der Waals surface area contributed by atoms with Crippen LogP contribution in [0.25, 0.3) is 0 Å². The number of nitrogens with one attached hydrogen (secondary N) is 1. The van der Waals surface area contributed by atoms with Crippen LogP contribution in [0, 0.1) is 0 Å². The molecule has 1 atom stereocenters. The molecule has 0 spiro atoms. The maximum absolute atomic E-state index is 12.3. The smallest absolute Gasteiger partial charge is 0.251 e. The van der Waals surface area contributed by atoms with Gasteiger partial charge in [-0.1, -0.05) is 23.4 Å². The summed E-state index contributed by atoms with van der Waals surface area (Å²) in [6.45, 7) is 4.38. The number of nitrogens with two attached hydrogens (primary N) is 1. The number of primary amides is 1. The fraction of sp³-hybridized carbons (Fsp3) is 0.333. The van der Waals surface area contributed by atoms with Crippen LogP contribution in [0.4, 0.5) is 0 Å². The van der Waals surface area contributed by atoms with Crippen LogP contribution in [0.15, 0.2) is 29.4 Å². The summed E-state index contributed by atoms with van der Waals surface area (Å²) in [5, 5.41) is 12.2. The van der Waals surface area contributed by atoms with Gasteiger partial charge in [0.25, 0.3) is 5.91 Å². The summed E-state index contributed by atoms with van der Waals surface area (Å²) in [6, 6.07) is 6.29. The highest BCUT2D eigenvalue weighted by molar-refractivity contribution is 7.99. The number of benzene rings is 1. The molecule has 7 nitrogen and oxygen atoms in total. The first-order valence-corrected chi connectivity index (χ1v) is 8.69. The van der Waals surface area contributed by atoms with Crippen molar-refractivity contribution in [2.24, 2.45) is 5.73 Å². The number of aromatic nitrogens is 3. The lowest BCUT2D eigenvalue weighted by Gasteiger charge is -2.15. The molecule has 0 aliphatic carbocycles. The SMILES string of the molecule is CCn1c(SCC(N)=O)nnc1[C@@H](C)NC(=O)c1ccc(Cl)cc1. The molecule has 0 fully saturated rings. The monoisotopic (exact) mass is 367 g/mol. The van der Waals surface area contributed by atoms with E-state index < -0.39 is 5.91 Å². The highest BCUT2D eigenvalue weighted by atomic mass is 35.5. The van der Waals surface area contributed by atoms with Gasteiger partial charge in [-0.05, 0) is 38.1 Å². The molecule has 9 heteroatoms. The Balaban J connectivity index is 2.11. The third kappa shape index (κ3) is 4.48. The Morgan fingerprint density at radius 1 is 1.33 bits per heavy atom. The number of thioether (sulfide) groups is 1. The number of carbonyl (C=O) groups excluding carboxylic acids is 2. The molecule has 0 radical (unpaired) electrons. The molecule has 2 aromatic rings. The fourth-order valence-electron chi connectivity index (χ4n) is 2.11. The first kappa shape index (κ1) is 18.3. The van der Waals surface area contributed by atoms with E-state index in [1.165, 1.54) is 11.8 Å². The number of amides is 2. The molecular weight excluding hydrogens is 350 g/mol. The van der Waals surface area contributed by atoms with Gasteiger partial charge in [0.05, 0.1) is 11.8 Å². The minimum atomic E-state index is -0.420. The van der Waals surface area contributed by atoms with Crippen molar-refractivity contribution in [1.29, 1.82) is 0 Å². The van der Waals surface area contributed by atoms with Crippen molar-refractivity contribution in [2.45, 2.75) is 31.6 Å². The van der Waals surface area contributed by atoms with Crippen LogP contribution in [0.2, 0.25) is 5.02 Å².